The van der Waals surface area contributed by atoms with Crippen LogP contribution in [0, 0.1) is 5.92 Å². The zero-order chi connectivity index (χ0) is 9.97. The molecule has 1 aliphatic heterocycles. The first-order valence-electron chi connectivity index (χ1n) is 4.92. The average molecular weight is 193 g/mol. The van der Waals surface area contributed by atoms with E-state index < -0.39 is 0 Å². The van der Waals surface area contributed by atoms with Crippen LogP contribution in [0.3, 0.4) is 0 Å². The predicted molar refractivity (Wildman–Crippen MR) is 54.2 cm³/mol. The second-order valence-corrected chi connectivity index (χ2v) is 3.86. The quantitative estimate of drug-likeness (QED) is 0.656. The van der Waals surface area contributed by atoms with Crippen LogP contribution < -0.4 is 5.32 Å². The Hall–Kier alpha value is -1.06. The van der Waals surface area contributed by atoms with Crippen molar-refractivity contribution in [1.82, 2.24) is 5.32 Å². The van der Waals surface area contributed by atoms with E-state index in [0.717, 1.165) is 18.7 Å². The summed E-state index contributed by atoms with van der Waals surface area (Å²) in [6.45, 7) is 1.83. The summed E-state index contributed by atoms with van der Waals surface area (Å²) in [4.78, 5) is 0. The molecule has 0 aliphatic carbocycles. The molecular formula is C11H15NO2. The van der Waals surface area contributed by atoms with Crippen molar-refractivity contribution in [2.45, 2.75) is 12.5 Å². The highest BCUT2D eigenvalue weighted by Gasteiger charge is 2.24. The third kappa shape index (κ3) is 2.05. The minimum absolute atomic E-state index is 0.263. The summed E-state index contributed by atoms with van der Waals surface area (Å²) in [5.74, 6) is 0.664. The molecule has 1 saturated heterocycles. The van der Waals surface area contributed by atoms with Gasteiger partial charge in [0.25, 0.3) is 0 Å². The van der Waals surface area contributed by atoms with Crippen molar-refractivity contribution in [3.8, 4) is 5.75 Å². The van der Waals surface area contributed by atoms with Crippen LogP contribution in [0.4, 0.5) is 0 Å². The number of hydrogen-bond donors (Lipinski definition) is 3. The maximum atomic E-state index is 9.79. The molecule has 0 bridgehead atoms. The summed E-state index contributed by atoms with van der Waals surface area (Å²) < 4.78 is 0. The summed E-state index contributed by atoms with van der Waals surface area (Å²) in [5.41, 5.74) is 1.07. The summed E-state index contributed by atoms with van der Waals surface area (Å²) in [6.07, 6.45) is 0.410. The van der Waals surface area contributed by atoms with Crippen LogP contribution in [-0.2, 0) is 6.42 Å². The van der Waals surface area contributed by atoms with E-state index in [2.05, 4.69) is 5.32 Å². The maximum absolute atomic E-state index is 9.79. The van der Waals surface area contributed by atoms with Crippen molar-refractivity contribution in [1.29, 1.82) is 0 Å². The van der Waals surface area contributed by atoms with Gasteiger partial charge in [0.15, 0.2) is 0 Å². The molecule has 0 radical (unpaired) electrons. The molecule has 1 aromatic rings. The first kappa shape index (κ1) is 9.49. The molecular weight excluding hydrogens is 178 g/mol. The molecule has 1 fully saturated rings. The van der Waals surface area contributed by atoms with Gasteiger partial charge in [-0.05, 0) is 24.1 Å². The molecule has 3 nitrogen and oxygen atoms in total. The van der Waals surface area contributed by atoms with Crippen molar-refractivity contribution in [3.05, 3.63) is 29.8 Å². The molecule has 76 valence electrons. The number of phenolic OH excluding ortho intramolecular Hbond substituents is 1. The van der Waals surface area contributed by atoms with Crippen LogP contribution in [0.15, 0.2) is 24.3 Å². The number of aromatic hydroxyl groups is 1. The number of phenols is 1. The summed E-state index contributed by atoms with van der Waals surface area (Å²) in [5, 5.41) is 22.0. The van der Waals surface area contributed by atoms with E-state index >= 15 is 0 Å². The number of rotatable bonds is 3. The number of hydrogen-bond acceptors (Lipinski definition) is 3. The zero-order valence-corrected chi connectivity index (χ0v) is 7.98. The highest BCUT2D eigenvalue weighted by molar-refractivity contribution is 5.26. The van der Waals surface area contributed by atoms with Gasteiger partial charge in [-0.25, -0.2) is 0 Å². The van der Waals surface area contributed by atoms with Gasteiger partial charge in [0.2, 0.25) is 0 Å². The lowest BCUT2D eigenvalue weighted by atomic mass is 9.92. The Morgan fingerprint density at radius 2 is 1.93 bits per heavy atom. The van der Waals surface area contributed by atoms with E-state index in [1.807, 2.05) is 12.1 Å². The maximum Gasteiger partial charge on any atom is 0.115 e. The topological polar surface area (TPSA) is 52.5 Å². The van der Waals surface area contributed by atoms with Gasteiger partial charge in [0.05, 0.1) is 6.10 Å². The standard InChI is InChI=1S/C11H15NO2/c13-10-3-1-8(2-4-10)5-11(14)9-6-12-7-9/h1-4,9,11-14H,5-7H2. The minimum atomic E-state index is -0.263. The minimum Gasteiger partial charge on any atom is -0.508 e. The smallest absolute Gasteiger partial charge is 0.115 e. The molecule has 1 unspecified atom stereocenters. The molecule has 1 aliphatic rings. The number of aliphatic hydroxyl groups is 1. The Morgan fingerprint density at radius 1 is 1.29 bits per heavy atom. The van der Waals surface area contributed by atoms with E-state index in [4.69, 9.17) is 5.11 Å². The van der Waals surface area contributed by atoms with Gasteiger partial charge >= 0.3 is 0 Å². The Bertz CT molecular complexity index is 293. The van der Waals surface area contributed by atoms with Gasteiger partial charge in [-0.3, -0.25) is 0 Å². The molecule has 1 heterocycles. The van der Waals surface area contributed by atoms with E-state index in [1.54, 1.807) is 12.1 Å². The fourth-order valence-corrected chi connectivity index (χ4v) is 1.62. The van der Waals surface area contributed by atoms with E-state index in [1.165, 1.54) is 0 Å². The van der Waals surface area contributed by atoms with E-state index in [9.17, 15) is 5.11 Å². The monoisotopic (exact) mass is 193 g/mol. The Labute approximate surface area is 83.4 Å². The molecule has 1 aromatic carbocycles. The lowest BCUT2D eigenvalue weighted by Gasteiger charge is -2.31. The molecule has 1 atom stereocenters. The van der Waals surface area contributed by atoms with E-state index in [-0.39, 0.29) is 11.9 Å². The van der Waals surface area contributed by atoms with Crippen molar-refractivity contribution in [2.24, 2.45) is 5.92 Å². The first-order valence-corrected chi connectivity index (χ1v) is 4.92. The normalized spacial score (nSPS) is 18.9. The van der Waals surface area contributed by atoms with Gasteiger partial charge in [0, 0.05) is 19.0 Å². The molecule has 14 heavy (non-hydrogen) atoms. The van der Waals surface area contributed by atoms with Gasteiger partial charge < -0.3 is 15.5 Å². The Balaban J connectivity index is 1.92. The predicted octanol–water partition coefficient (Wildman–Crippen LogP) is 0.515. The molecule has 0 amide bonds. The average Bonchev–Trinajstić information content (AvgIpc) is 2.06. The summed E-state index contributed by atoms with van der Waals surface area (Å²) in [6, 6.07) is 7.01. The van der Waals surface area contributed by atoms with Crippen LogP contribution in [-0.4, -0.2) is 29.4 Å². The summed E-state index contributed by atoms with van der Waals surface area (Å²) >= 11 is 0. The fraction of sp³-hybridized carbons (Fsp3) is 0.455. The van der Waals surface area contributed by atoms with Gasteiger partial charge in [-0.15, -0.1) is 0 Å². The lowest BCUT2D eigenvalue weighted by molar-refractivity contribution is 0.0772. The third-order valence-electron chi connectivity index (χ3n) is 2.74. The number of aliphatic hydroxyl groups excluding tert-OH is 1. The molecule has 3 heteroatoms. The highest BCUT2D eigenvalue weighted by Crippen LogP contribution is 2.16. The lowest BCUT2D eigenvalue weighted by Crippen LogP contribution is -2.49. The SMILES string of the molecule is Oc1ccc(CC(O)C2CNC2)cc1. The Morgan fingerprint density at radius 3 is 2.43 bits per heavy atom. The summed E-state index contributed by atoms with van der Waals surface area (Å²) in [7, 11) is 0. The van der Waals surface area contributed by atoms with Crippen LogP contribution in [0.2, 0.25) is 0 Å². The number of nitrogens with one attached hydrogen (secondary N) is 1. The van der Waals surface area contributed by atoms with Crippen molar-refractivity contribution >= 4 is 0 Å². The Kier molecular flexibility index (Phi) is 2.70. The second kappa shape index (κ2) is 3.98. The molecule has 0 aromatic heterocycles. The zero-order valence-electron chi connectivity index (χ0n) is 7.98. The van der Waals surface area contributed by atoms with Crippen LogP contribution in [0.1, 0.15) is 5.56 Å². The number of benzene rings is 1. The molecule has 0 spiro atoms. The van der Waals surface area contributed by atoms with Gasteiger partial charge in [0.1, 0.15) is 5.75 Å². The van der Waals surface area contributed by atoms with Crippen molar-refractivity contribution in [2.75, 3.05) is 13.1 Å². The fourth-order valence-electron chi connectivity index (χ4n) is 1.62. The molecule has 2 rings (SSSR count). The first-order chi connectivity index (χ1) is 6.75. The molecule has 3 N–H and O–H groups in total. The van der Waals surface area contributed by atoms with Crippen LogP contribution in [0.25, 0.3) is 0 Å². The highest BCUT2D eigenvalue weighted by atomic mass is 16.3. The third-order valence-corrected chi connectivity index (χ3v) is 2.74. The van der Waals surface area contributed by atoms with Crippen molar-refractivity contribution in [3.63, 3.8) is 0 Å². The van der Waals surface area contributed by atoms with E-state index in [0.29, 0.717) is 12.3 Å². The second-order valence-electron chi connectivity index (χ2n) is 3.86. The van der Waals surface area contributed by atoms with Crippen LogP contribution in [0.5, 0.6) is 5.75 Å². The van der Waals surface area contributed by atoms with Gasteiger partial charge in [-0.2, -0.15) is 0 Å². The van der Waals surface area contributed by atoms with Crippen molar-refractivity contribution < 1.29 is 10.2 Å². The van der Waals surface area contributed by atoms with Crippen LogP contribution >= 0.6 is 0 Å². The van der Waals surface area contributed by atoms with Gasteiger partial charge in [-0.1, -0.05) is 12.1 Å². The molecule has 0 saturated carbocycles. The largest absolute Gasteiger partial charge is 0.508 e.